The van der Waals surface area contributed by atoms with Gasteiger partial charge in [0.15, 0.2) is 0 Å². The van der Waals surface area contributed by atoms with Crippen LogP contribution in [0, 0.1) is 6.92 Å². The van der Waals surface area contributed by atoms with Crippen LogP contribution in [0.5, 0.6) is 5.75 Å². The fourth-order valence-electron chi connectivity index (χ4n) is 0.977. The van der Waals surface area contributed by atoms with Crippen molar-refractivity contribution in [3.8, 4) is 5.75 Å². The molecule has 0 aliphatic rings. The third-order valence-electron chi connectivity index (χ3n) is 1.71. The Hall–Kier alpha value is -1.02. The molecule has 0 radical (unpaired) electrons. The fourth-order valence-corrected chi connectivity index (χ4v) is 0.977. The van der Waals surface area contributed by atoms with Crippen LogP contribution in [0.4, 0.5) is 0 Å². The van der Waals surface area contributed by atoms with Crippen molar-refractivity contribution in [3.05, 3.63) is 29.3 Å². The molecule has 1 aromatic rings. The maximum absolute atomic E-state index is 9.29. The quantitative estimate of drug-likeness (QED) is 0.735. The molecule has 0 bridgehead atoms. The average Bonchev–Trinajstić information content (AvgIpc) is 2.15. The standard InChI is InChI=1S/C9H13NO.C2H6/c1-7-2-3-8(4-5-10)6-9(7)11;1-2/h2-3,6,11H,4-5,10H2,1H3;1-2H3. The Morgan fingerprint density at radius 3 is 2.38 bits per heavy atom. The summed E-state index contributed by atoms with van der Waals surface area (Å²) in [5, 5.41) is 9.29. The fraction of sp³-hybridized carbons (Fsp3) is 0.455. The Labute approximate surface area is 80.4 Å². The van der Waals surface area contributed by atoms with Crippen LogP contribution < -0.4 is 5.73 Å². The molecule has 0 aromatic heterocycles. The number of phenols is 1. The molecule has 3 N–H and O–H groups in total. The molecular formula is C11H19NO. The smallest absolute Gasteiger partial charge is 0.118 e. The van der Waals surface area contributed by atoms with Gasteiger partial charge in [0.2, 0.25) is 0 Å². The first kappa shape index (κ1) is 12.0. The topological polar surface area (TPSA) is 46.2 Å². The van der Waals surface area contributed by atoms with E-state index in [1.165, 1.54) is 0 Å². The monoisotopic (exact) mass is 181 g/mol. The van der Waals surface area contributed by atoms with E-state index in [-0.39, 0.29) is 0 Å². The Morgan fingerprint density at radius 2 is 1.92 bits per heavy atom. The van der Waals surface area contributed by atoms with E-state index in [0.29, 0.717) is 12.3 Å². The second-order valence-corrected chi connectivity index (χ2v) is 2.66. The minimum absolute atomic E-state index is 0.357. The molecule has 2 heteroatoms. The van der Waals surface area contributed by atoms with Crippen molar-refractivity contribution in [1.82, 2.24) is 0 Å². The van der Waals surface area contributed by atoms with Crippen molar-refractivity contribution in [2.75, 3.05) is 6.54 Å². The zero-order chi connectivity index (χ0) is 10.3. The zero-order valence-corrected chi connectivity index (χ0v) is 8.67. The summed E-state index contributed by atoms with van der Waals surface area (Å²) in [4.78, 5) is 0. The summed E-state index contributed by atoms with van der Waals surface area (Å²) in [5.41, 5.74) is 7.37. The number of aryl methyl sites for hydroxylation is 1. The lowest BCUT2D eigenvalue weighted by Crippen LogP contribution is -2.02. The highest BCUT2D eigenvalue weighted by Crippen LogP contribution is 2.17. The van der Waals surface area contributed by atoms with Gasteiger partial charge in [0.25, 0.3) is 0 Å². The second-order valence-electron chi connectivity index (χ2n) is 2.66. The van der Waals surface area contributed by atoms with Gasteiger partial charge in [-0.05, 0) is 37.1 Å². The van der Waals surface area contributed by atoms with Crippen molar-refractivity contribution >= 4 is 0 Å². The van der Waals surface area contributed by atoms with Crippen LogP contribution in [-0.4, -0.2) is 11.7 Å². The summed E-state index contributed by atoms with van der Waals surface area (Å²) in [5.74, 6) is 0.357. The largest absolute Gasteiger partial charge is 0.508 e. The molecule has 0 spiro atoms. The summed E-state index contributed by atoms with van der Waals surface area (Å²) in [7, 11) is 0. The first-order chi connectivity index (χ1) is 6.24. The lowest BCUT2D eigenvalue weighted by molar-refractivity contribution is 0.470. The molecule has 0 saturated carbocycles. The number of aromatic hydroxyl groups is 1. The molecule has 0 aliphatic heterocycles. The van der Waals surface area contributed by atoms with E-state index in [1.807, 2.05) is 32.9 Å². The van der Waals surface area contributed by atoms with Gasteiger partial charge in [0.1, 0.15) is 5.75 Å². The molecule has 0 amide bonds. The summed E-state index contributed by atoms with van der Waals surface area (Å²) < 4.78 is 0. The number of nitrogens with two attached hydrogens (primary N) is 1. The Kier molecular flexibility index (Phi) is 5.98. The Bertz CT molecular complexity index is 246. The van der Waals surface area contributed by atoms with Gasteiger partial charge >= 0.3 is 0 Å². The maximum atomic E-state index is 9.29. The van der Waals surface area contributed by atoms with Crippen LogP contribution in [0.2, 0.25) is 0 Å². The molecule has 0 aliphatic carbocycles. The molecule has 13 heavy (non-hydrogen) atoms. The Morgan fingerprint density at radius 1 is 1.31 bits per heavy atom. The van der Waals surface area contributed by atoms with Gasteiger partial charge < -0.3 is 10.8 Å². The Balaban J connectivity index is 0.000000671. The zero-order valence-electron chi connectivity index (χ0n) is 8.67. The second kappa shape index (κ2) is 6.49. The van der Waals surface area contributed by atoms with E-state index < -0.39 is 0 Å². The van der Waals surface area contributed by atoms with Gasteiger partial charge in [0.05, 0.1) is 0 Å². The van der Waals surface area contributed by atoms with Gasteiger partial charge in [0, 0.05) is 0 Å². The minimum atomic E-state index is 0.357. The summed E-state index contributed by atoms with van der Waals surface area (Å²) in [6.07, 6.45) is 0.827. The molecule has 0 heterocycles. The first-order valence-electron chi connectivity index (χ1n) is 4.72. The summed E-state index contributed by atoms with van der Waals surface area (Å²) in [6.45, 7) is 6.50. The molecule has 74 valence electrons. The highest BCUT2D eigenvalue weighted by molar-refractivity contribution is 5.35. The number of benzene rings is 1. The van der Waals surface area contributed by atoms with Crippen LogP contribution in [0.3, 0.4) is 0 Å². The maximum Gasteiger partial charge on any atom is 0.118 e. The SMILES string of the molecule is CC.Cc1ccc(CCN)cc1O. The third-order valence-corrected chi connectivity index (χ3v) is 1.71. The van der Waals surface area contributed by atoms with E-state index in [4.69, 9.17) is 5.73 Å². The van der Waals surface area contributed by atoms with Gasteiger partial charge in [-0.2, -0.15) is 0 Å². The van der Waals surface area contributed by atoms with Crippen molar-refractivity contribution in [2.24, 2.45) is 5.73 Å². The number of hydrogen-bond acceptors (Lipinski definition) is 2. The molecule has 2 nitrogen and oxygen atoms in total. The van der Waals surface area contributed by atoms with Crippen LogP contribution in [0.25, 0.3) is 0 Å². The van der Waals surface area contributed by atoms with Crippen molar-refractivity contribution < 1.29 is 5.11 Å². The minimum Gasteiger partial charge on any atom is -0.508 e. The van der Waals surface area contributed by atoms with E-state index in [9.17, 15) is 5.11 Å². The predicted octanol–water partition coefficient (Wildman–Crippen LogP) is 2.23. The highest BCUT2D eigenvalue weighted by atomic mass is 16.3. The first-order valence-corrected chi connectivity index (χ1v) is 4.72. The summed E-state index contributed by atoms with van der Waals surface area (Å²) in [6, 6.07) is 5.66. The van der Waals surface area contributed by atoms with Gasteiger partial charge in [-0.15, -0.1) is 0 Å². The van der Waals surface area contributed by atoms with Crippen molar-refractivity contribution in [2.45, 2.75) is 27.2 Å². The average molecular weight is 181 g/mol. The molecular weight excluding hydrogens is 162 g/mol. The normalized spacial score (nSPS) is 8.92. The predicted molar refractivity (Wildman–Crippen MR) is 57.0 cm³/mol. The van der Waals surface area contributed by atoms with Gasteiger partial charge in [-0.25, -0.2) is 0 Å². The van der Waals surface area contributed by atoms with Crippen LogP contribution >= 0.6 is 0 Å². The number of rotatable bonds is 2. The van der Waals surface area contributed by atoms with Crippen LogP contribution in [0.1, 0.15) is 25.0 Å². The van der Waals surface area contributed by atoms with Crippen molar-refractivity contribution in [1.29, 1.82) is 0 Å². The molecule has 0 saturated heterocycles. The van der Waals surface area contributed by atoms with E-state index >= 15 is 0 Å². The molecule has 1 rings (SSSR count). The van der Waals surface area contributed by atoms with Crippen molar-refractivity contribution in [3.63, 3.8) is 0 Å². The van der Waals surface area contributed by atoms with E-state index in [0.717, 1.165) is 17.5 Å². The highest BCUT2D eigenvalue weighted by Gasteiger charge is 1.96. The number of hydrogen-bond donors (Lipinski definition) is 2. The third kappa shape index (κ3) is 3.95. The molecule has 0 fully saturated rings. The van der Waals surface area contributed by atoms with E-state index in [1.54, 1.807) is 6.07 Å². The van der Waals surface area contributed by atoms with Crippen LogP contribution in [0.15, 0.2) is 18.2 Å². The lowest BCUT2D eigenvalue weighted by atomic mass is 10.1. The molecule has 0 unspecified atom stereocenters. The van der Waals surface area contributed by atoms with E-state index in [2.05, 4.69) is 0 Å². The molecule has 0 atom stereocenters. The molecule has 1 aromatic carbocycles. The van der Waals surface area contributed by atoms with Gasteiger partial charge in [-0.1, -0.05) is 26.0 Å². The van der Waals surface area contributed by atoms with Gasteiger partial charge in [-0.3, -0.25) is 0 Å². The lowest BCUT2D eigenvalue weighted by Gasteiger charge is -2.01. The summed E-state index contributed by atoms with van der Waals surface area (Å²) >= 11 is 0. The van der Waals surface area contributed by atoms with Crippen LogP contribution in [-0.2, 0) is 6.42 Å². The number of phenolic OH excluding ortho intramolecular Hbond substituents is 1.